The fourth-order valence-corrected chi connectivity index (χ4v) is 9.01. The van der Waals surface area contributed by atoms with Gasteiger partial charge in [-0.3, -0.25) is 0 Å². The molecule has 1 aliphatic rings. The molecule has 0 fully saturated rings. The minimum absolute atomic E-state index is 0.0566. The van der Waals surface area contributed by atoms with E-state index in [0.29, 0.717) is 0 Å². The summed E-state index contributed by atoms with van der Waals surface area (Å²) in [6, 6.07) is 52.7. The Morgan fingerprint density at radius 2 is 1.06 bits per heavy atom. The van der Waals surface area contributed by atoms with Crippen LogP contribution in [0.1, 0.15) is 25.0 Å². The van der Waals surface area contributed by atoms with Gasteiger partial charge >= 0.3 is 0 Å². The summed E-state index contributed by atoms with van der Waals surface area (Å²) >= 11 is 1.87. The van der Waals surface area contributed by atoms with Crippen molar-refractivity contribution in [2.45, 2.75) is 19.3 Å². The van der Waals surface area contributed by atoms with Crippen LogP contribution in [-0.2, 0) is 5.41 Å². The molecule has 0 radical (unpaired) electrons. The van der Waals surface area contributed by atoms with E-state index in [1.807, 2.05) is 11.3 Å². The highest BCUT2D eigenvalue weighted by molar-refractivity contribution is 7.26. The molecule has 3 heterocycles. The van der Waals surface area contributed by atoms with Crippen molar-refractivity contribution in [2.24, 2.45) is 0 Å². The lowest BCUT2D eigenvalue weighted by Crippen LogP contribution is -2.14. The second-order valence-corrected chi connectivity index (χ2v) is 14.4. The highest BCUT2D eigenvalue weighted by Gasteiger charge is 2.35. The largest absolute Gasteiger partial charge is 0.245 e. The van der Waals surface area contributed by atoms with Crippen molar-refractivity contribution >= 4 is 53.3 Å². The maximum atomic E-state index is 5.29. The molecule has 0 atom stereocenters. The molecule has 2 nitrogen and oxygen atoms in total. The molecular formula is C45H30N2S. The molecule has 0 aliphatic heterocycles. The molecule has 3 heteroatoms. The fourth-order valence-electron chi connectivity index (χ4n) is 7.77. The number of thiophene rings is 1. The SMILES string of the molecule is CC1(C)c2ccccc2-c2ccc(-c3ccc4ccc5ccc(-c6cccc(-c7cccc8c7sc7ccccc78)c6)nc5c4n3)cc21. The van der Waals surface area contributed by atoms with Crippen LogP contribution in [0.2, 0.25) is 0 Å². The Balaban J connectivity index is 1.08. The van der Waals surface area contributed by atoms with Gasteiger partial charge < -0.3 is 0 Å². The summed E-state index contributed by atoms with van der Waals surface area (Å²) in [4.78, 5) is 10.6. The summed E-state index contributed by atoms with van der Waals surface area (Å²) in [5.41, 5.74) is 13.8. The summed E-state index contributed by atoms with van der Waals surface area (Å²) < 4.78 is 2.64. The first-order chi connectivity index (χ1) is 23.5. The third-order valence-electron chi connectivity index (χ3n) is 10.3. The van der Waals surface area contributed by atoms with Gasteiger partial charge in [0.2, 0.25) is 0 Å². The minimum Gasteiger partial charge on any atom is -0.245 e. The standard InChI is InChI=1S/C45H30N2S/c1-45(2)37-15-5-3-11-33(37)34-22-19-31(26-38(34)45)40-24-21-28-18-17-27-20-23-39(46-42(27)43(28)47-40)30-10-7-9-29(25-30)32-13-8-14-36-35-12-4-6-16-41(35)48-44(32)36/h3-26H,1-2H3. The van der Waals surface area contributed by atoms with Gasteiger partial charge in [-0.15, -0.1) is 11.3 Å². The minimum atomic E-state index is -0.0566. The Morgan fingerprint density at radius 1 is 0.458 bits per heavy atom. The Kier molecular flexibility index (Phi) is 5.82. The summed E-state index contributed by atoms with van der Waals surface area (Å²) in [5.74, 6) is 0. The van der Waals surface area contributed by atoms with Crippen LogP contribution < -0.4 is 0 Å². The Hall–Kier alpha value is -5.64. The van der Waals surface area contributed by atoms with Gasteiger partial charge in [0.25, 0.3) is 0 Å². The molecule has 10 rings (SSSR count). The van der Waals surface area contributed by atoms with Crippen LogP contribution in [0, 0.1) is 0 Å². The van der Waals surface area contributed by atoms with Crippen molar-refractivity contribution < 1.29 is 0 Å². The number of rotatable bonds is 3. The van der Waals surface area contributed by atoms with Crippen LogP contribution in [0.4, 0.5) is 0 Å². The van der Waals surface area contributed by atoms with Crippen molar-refractivity contribution in [1.29, 1.82) is 0 Å². The van der Waals surface area contributed by atoms with Crippen molar-refractivity contribution in [3.63, 3.8) is 0 Å². The van der Waals surface area contributed by atoms with E-state index in [0.717, 1.165) is 44.3 Å². The second-order valence-electron chi connectivity index (χ2n) is 13.4. The zero-order valence-corrected chi connectivity index (χ0v) is 27.5. The summed E-state index contributed by atoms with van der Waals surface area (Å²) in [7, 11) is 0. The van der Waals surface area contributed by atoms with Crippen LogP contribution >= 0.6 is 11.3 Å². The Bertz CT molecular complexity index is 2770. The van der Waals surface area contributed by atoms with E-state index in [1.165, 1.54) is 53.6 Å². The number of fused-ring (bicyclic) bond motifs is 9. The maximum Gasteiger partial charge on any atom is 0.0972 e. The van der Waals surface area contributed by atoms with Gasteiger partial charge in [-0.2, -0.15) is 0 Å². The van der Waals surface area contributed by atoms with Crippen molar-refractivity contribution in [3.8, 4) is 44.8 Å². The lowest BCUT2D eigenvalue weighted by molar-refractivity contribution is 0.660. The molecule has 9 aromatic rings. The smallest absolute Gasteiger partial charge is 0.0972 e. The molecule has 226 valence electrons. The third kappa shape index (κ3) is 4.04. The molecule has 0 saturated heterocycles. The number of nitrogens with zero attached hydrogens (tertiary/aromatic N) is 2. The van der Waals surface area contributed by atoms with E-state index in [9.17, 15) is 0 Å². The fraction of sp³-hybridized carbons (Fsp3) is 0.0667. The molecule has 0 unspecified atom stereocenters. The van der Waals surface area contributed by atoms with Gasteiger partial charge in [-0.05, 0) is 63.7 Å². The van der Waals surface area contributed by atoms with Crippen molar-refractivity contribution in [2.75, 3.05) is 0 Å². The zero-order chi connectivity index (χ0) is 32.0. The number of pyridine rings is 2. The van der Waals surface area contributed by atoms with Gasteiger partial charge in [0, 0.05) is 47.5 Å². The lowest BCUT2D eigenvalue weighted by Gasteiger charge is -2.21. The van der Waals surface area contributed by atoms with E-state index in [1.54, 1.807) is 0 Å². The molecule has 3 aromatic heterocycles. The lowest BCUT2D eigenvalue weighted by atomic mass is 9.82. The van der Waals surface area contributed by atoms with E-state index in [-0.39, 0.29) is 5.41 Å². The van der Waals surface area contributed by atoms with E-state index in [4.69, 9.17) is 9.97 Å². The topological polar surface area (TPSA) is 25.8 Å². The van der Waals surface area contributed by atoms with Gasteiger partial charge in [0.05, 0.1) is 22.4 Å². The highest BCUT2D eigenvalue weighted by atomic mass is 32.1. The van der Waals surface area contributed by atoms with Crippen LogP contribution in [0.15, 0.2) is 146 Å². The molecule has 1 aliphatic carbocycles. The van der Waals surface area contributed by atoms with Crippen LogP contribution in [0.3, 0.4) is 0 Å². The first-order valence-electron chi connectivity index (χ1n) is 16.5. The zero-order valence-electron chi connectivity index (χ0n) is 26.7. The van der Waals surface area contributed by atoms with Crippen LogP contribution in [0.25, 0.3) is 86.7 Å². The molecule has 6 aromatic carbocycles. The summed E-state index contributed by atoms with van der Waals surface area (Å²) in [6.45, 7) is 4.65. The second kappa shape index (κ2) is 10.2. The average Bonchev–Trinajstić information content (AvgIpc) is 3.63. The molecule has 0 bridgehead atoms. The van der Waals surface area contributed by atoms with Gasteiger partial charge in [-0.1, -0.05) is 129 Å². The first kappa shape index (κ1) is 27.5. The van der Waals surface area contributed by atoms with Crippen LogP contribution in [-0.4, -0.2) is 9.97 Å². The van der Waals surface area contributed by atoms with Gasteiger partial charge in [0.15, 0.2) is 0 Å². The quantitative estimate of drug-likeness (QED) is 0.182. The Labute approximate surface area is 283 Å². The molecule has 0 amide bonds. The monoisotopic (exact) mass is 630 g/mol. The maximum absolute atomic E-state index is 5.29. The predicted molar refractivity (Wildman–Crippen MR) is 204 cm³/mol. The van der Waals surface area contributed by atoms with E-state index in [2.05, 4.69) is 159 Å². The summed E-state index contributed by atoms with van der Waals surface area (Å²) in [6.07, 6.45) is 0. The van der Waals surface area contributed by atoms with Crippen molar-refractivity contribution in [1.82, 2.24) is 9.97 Å². The van der Waals surface area contributed by atoms with E-state index < -0.39 is 0 Å². The van der Waals surface area contributed by atoms with E-state index >= 15 is 0 Å². The Morgan fingerprint density at radius 3 is 1.88 bits per heavy atom. The molecule has 0 saturated carbocycles. The van der Waals surface area contributed by atoms with Crippen molar-refractivity contribution in [3.05, 3.63) is 157 Å². The third-order valence-corrected chi connectivity index (χ3v) is 11.5. The predicted octanol–water partition coefficient (Wildman–Crippen LogP) is 12.5. The number of hydrogen-bond donors (Lipinski definition) is 0. The van der Waals surface area contributed by atoms with Gasteiger partial charge in [-0.25, -0.2) is 9.97 Å². The number of benzene rings is 6. The highest BCUT2D eigenvalue weighted by Crippen LogP contribution is 2.49. The first-order valence-corrected chi connectivity index (χ1v) is 17.3. The van der Waals surface area contributed by atoms with Gasteiger partial charge in [0.1, 0.15) is 0 Å². The number of aromatic nitrogens is 2. The normalized spacial score (nSPS) is 13.4. The number of hydrogen-bond acceptors (Lipinski definition) is 3. The molecule has 0 spiro atoms. The molecule has 48 heavy (non-hydrogen) atoms. The molecular weight excluding hydrogens is 601 g/mol. The molecule has 0 N–H and O–H groups in total. The summed E-state index contributed by atoms with van der Waals surface area (Å²) in [5, 5.41) is 4.81. The average molecular weight is 631 g/mol. The van der Waals surface area contributed by atoms with Crippen LogP contribution in [0.5, 0.6) is 0 Å².